The Balaban J connectivity index is 2.13. The topological polar surface area (TPSA) is 40.5 Å². The van der Waals surface area contributed by atoms with Crippen LogP contribution in [0.25, 0.3) is 0 Å². The number of anilines is 1. The number of benzene rings is 1. The molecule has 0 aliphatic carbocycles. The fourth-order valence-electron chi connectivity index (χ4n) is 2.40. The molecule has 0 bridgehead atoms. The first-order valence-electron chi connectivity index (χ1n) is 6.17. The Morgan fingerprint density at radius 1 is 1.53 bits per heavy atom. The van der Waals surface area contributed by atoms with Gasteiger partial charge in [0.1, 0.15) is 0 Å². The number of aliphatic hydroxyl groups excluding tert-OH is 1. The van der Waals surface area contributed by atoms with Crippen molar-refractivity contribution in [1.29, 1.82) is 0 Å². The Kier molecular flexibility index (Phi) is 3.48. The fourth-order valence-corrected chi connectivity index (χ4v) is 2.40. The van der Waals surface area contributed by atoms with Crippen molar-refractivity contribution >= 4 is 11.6 Å². The molecule has 1 amide bonds. The summed E-state index contributed by atoms with van der Waals surface area (Å²) in [4.78, 5) is 14.0. The van der Waals surface area contributed by atoms with Crippen LogP contribution < -0.4 is 4.90 Å². The summed E-state index contributed by atoms with van der Waals surface area (Å²) >= 11 is 0. The predicted octanol–water partition coefficient (Wildman–Crippen LogP) is 2.13. The van der Waals surface area contributed by atoms with Crippen LogP contribution in [0.15, 0.2) is 24.3 Å². The van der Waals surface area contributed by atoms with Gasteiger partial charge in [-0.25, -0.2) is 0 Å². The van der Waals surface area contributed by atoms with Crippen LogP contribution in [-0.2, 0) is 11.2 Å². The normalized spacial score (nSPS) is 20.2. The van der Waals surface area contributed by atoms with Gasteiger partial charge in [0.05, 0.1) is 6.10 Å². The molecule has 1 aromatic carbocycles. The maximum atomic E-state index is 12.1. The third-order valence-corrected chi connectivity index (χ3v) is 3.25. The lowest BCUT2D eigenvalue weighted by Gasteiger charge is -2.23. The molecule has 0 aromatic heterocycles. The van der Waals surface area contributed by atoms with E-state index in [0.717, 1.165) is 12.1 Å². The van der Waals surface area contributed by atoms with Crippen molar-refractivity contribution in [2.24, 2.45) is 0 Å². The van der Waals surface area contributed by atoms with Crippen molar-refractivity contribution in [1.82, 2.24) is 0 Å². The monoisotopic (exact) mass is 233 g/mol. The molecule has 3 heteroatoms. The minimum atomic E-state index is -0.410. The summed E-state index contributed by atoms with van der Waals surface area (Å²) in [6.45, 7) is 3.79. The van der Waals surface area contributed by atoms with Crippen molar-refractivity contribution in [2.45, 2.75) is 45.3 Å². The maximum absolute atomic E-state index is 12.1. The van der Waals surface area contributed by atoms with Crippen LogP contribution in [0.4, 0.5) is 5.69 Å². The molecule has 0 saturated heterocycles. The number of carbonyl (C=O) groups excluding carboxylic acids is 1. The maximum Gasteiger partial charge on any atom is 0.227 e. The first kappa shape index (κ1) is 12.1. The molecule has 3 nitrogen and oxygen atoms in total. The van der Waals surface area contributed by atoms with Gasteiger partial charge in [-0.15, -0.1) is 0 Å². The summed E-state index contributed by atoms with van der Waals surface area (Å²) in [6.07, 6.45) is 1.46. The van der Waals surface area contributed by atoms with E-state index >= 15 is 0 Å². The highest BCUT2D eigenvalue weighted by Crippen LogP contribution is 2.32. The lowest BCUT2D eigenvalue weighted by Crippen LogP contribution is -2.35. The van der Waals surface area contributed by atoms with E-state index in [0.29, 0.717) is 12.8 Å². The molecule has 2 unspecified atom stereocenters. The molecule has 17 heavy (non-hydrogen) atoms. The molecule has 0 saturated carbocycles. The van der Waals surface area contributed by atoms with Gasteiger partial charge in [0.25, 0.3) is 0 Å². The molecule has 0 radical (unpaired) electrons. The summed E-state index contributed by atoms with van der Waals surface area (Å²) in [5, 5.41) is 9.23. The fraction of sp³-hybridized carbons (Fsp3) is 0.500. The summed E-state index contributed by atoms with van der Waals surface area (Å²) in [7, 11) is 0. The number of fused-ring (bicyclic) bond motifs is 1. The number of nitrogens with zero attached hydrogens (tertiary/aromatic N) is 1. The molecule has 1 aliphatic rings. The number of hydrogen-bond acceptors (Lipinski definition) is 2. The molecule has 1 N–H and O–H groups in total. The number of aliphatic hydroxyl groups is 1. The van der Waals surface area contributed by atoms with Crippen LogP contribution >= 0.6 is 0 Å². The highest BCUT2D eigenvalue weighted by molar-refractivity contribution is 5.96. The van der Waals surface area contributed by atoms with E-state index < -0.39 is 6.10 Å². The Labute approximate surface area is 102 Å². The van der Waals surface area contributed by atoms with Gasteiger partial charge in [-0.2, -0.15) is 0 Å². The molecule has 1 aromatic rings. The quantitative estimate of drug-likeness (QED) is 0.868. The molecule has 2 atom stereocenters. The van der Waals surface area contributed by atoms with Crippen molar-refractivity contribution < 1.29 is 9.90 Å². The zero-order valence-electron chi connectivity index (χ0n) is 10.4. The molecular weight excluding hydrogens is 214 g/mol. The zero-order valence-corrected chi connectivity index (χ0v) is 10.4. The molecular formula is C14H19NO2. The van der Waals surface area contributed by atoms with Gasteiger partial charge in [-0.05, 0) is 38.3 Å². The highest BCUT2D eigenvalue weighted by Gasteiger charge is 2.29. The van der Waals surface area contributed by atoms with E-state index in [2.05, 4.69) is 13.0 Å². The predicted molar refractivity (Wildman–Crippen MR) is 68.0 cm³/mol. The average Bonchev–Trinajstić information content (AvgIpc) is 2.61. The van der Waals surface area contributed by atoms with Crippen LogP contribution in [0.2, 0.25) is 0 Å². The molecule has 1 aliphatic heterocycles. The first-order chi connectivity index (χ1) is 8.09. The van der Waals surface area contributed by atoms with Crippen molar-refractivity contribution in [2.75, 3.05) is 4.90 Å². The third kappa shape index (κ3) is 2.50. The van der Waals surface area contributed by atoms with Crippen LogP contribution in [0.5, 0.6) is 0 Å². The van der Waals surface area contributed by atoms with Crippen LogP contribution in [-0.4, -0.2) is 23.2 Å². The van der Waals surface area contributed by atoms with Crippen molar-refractivity contribution in [3.63, 3.8) is 0 Å². The van der Waals surface area contributed by atoms with E-state index in [-0.39, 0.29) is 11.9 Å². The van der Waals surface area contributed by atoms with E-state index in [4.69, 9.17) is 0 Å². The lowest BCUT2D eigenvalue weighted by molar-refractivity contribution is -0.119. The van der Waals surface area contributed by atoms with Gasteiger partial charge in [0, 0.05) is 18.2 Å². The Bertz CT molecular complexity index is 414. The van der Waals surface area contributed by atoms with Gasteiger partial charge >= 0.3 is 0 Å². The molecule has 92 valence electrons. The van der Waals surface area contributed by atoms with Gasteiger partial charge in [-0.1, -0.05) is 18.2 Å². The number of amides is 1. The second kappa shape index (κ2) is 4.88. The van der Waals surface area contributed by atoms with Gasteiger partial charge < -0.3 is 10.0 Å². The second-order valence-electron chi connectivity index (χ2n) is 4.83. The van der Waals surface area contributed by atoms with Crippen molar-refractivity contribution in [3.05, 3.63) is 29.8 Å². The Hall–Kier alpha value is -1.35. The summed E-state index contributed by atoms with van der Waals surface area (Å²) in [5.41, 5.74) is 2.28. The van der Waals surface area contributed by atoms with Crippen LogP contribution in [0.3, 0.4) is 0 Å². The first-order valence-corrected chi connectivity index (χ1v) is 6.17. The number of carbonyl (C=O) groups is 1. The highest BCUT2D eigenvalue weighted by atomic mass is 16.3. The molecule has 0 fully saturated rings. The van der Waals surface area contributed by atoms with Crippen LogP contribution in [0.1, 0.15) is 32.3 Å². The van der Waals surface area contributed by atoms with E-state index in [1.54, 1.807) is 6.92 Å². The molecule has 2 rings (SSSR count). The van der Waals surface area contributed by atoms with Gasteiger partial charge in [-0.3, -0.25) is 4.79 Å². The van der Waals surface area contributed by atoms with Gasteiger partial charge in [0.2, 0.25) is 5.91 Å². The number of para-hydroxylation sites is 1. The zero-order chi connectivity index (χ0) is 12.4. The Morgan fingerprint density at radius 3 is 2.94 bits per heavy atom. The average molecular weight is 233 g/mol. The van der Waals surface area contributed by atoms with Crippen LogP contribution in [0, 0.1) is 0 Å². The smallest absolute Gasteiger partial charge is 0.227 e. The summed E-state index contributed by atoms with van der Waals surface area (Å²) in [6, 6.07) is 8.28. The number of rotatable bonds is 3. The Morgan fingerprint density at radius 2 is 2.24 bits per heavy atom. The minimum absolute atomic E-state index is 0.114. The van der Waals surface area contributed by atoms with Crippen molar-refractivity contribution in [3.8, 4) is 0 Å². The van der Waals surface area contributed by atoms with Gasteiger partial charge in [0.15, 0.2) is 0 Å². The largest absolute Gasteiger partial charge is 0.393 e. The second-order valence-corrected chi connectivity index (χ2v) is 4.83. The van der Waals surface area contributed by atoms with E-state index in [1.807, 2.05) is 23.1 Å². The molecule has 1 heterocycles. The SMILES string of the molecule is CC(O)CCC(=O)N1c2ccccc2CC1C. The molecule has 0 spiro atoms. The minimum Gasteiger partial charge on any atom is -0.393 e. The summed E-state index contributed by atoms with van der Waals surface area (Å²) < 4.78 is 0. The number of hydrogen-bond donors (Lipinski definition) is 1. The summed E-state index contributed by atoms with van der Waals surface area (Å²) in [5.74, 6) is 0.114. The lowest BCUT2D eigenvalue weighted by atomic mass is 10.1. The third-order valence-electron chi connectivity index (χ3n) is 3.25. The van der Waals surface area contributed by atoms with E-state index in [1.165, 1.54) is 5.56 Å². The standard InChI is InChI=1S/C14H19NO2/c1-10-9-12-5-3-4-6-13(12)15(10)14(17)8-7-11(2)16/h3-6,10-11,16H,7-9H2,1-2H3. The van der Waals surface area contributed by atoms with E-state index in [9.17, 15) is 9.90 Å².